The highest BCUT2D eigenvalue weighted by Crippen LogP contribution is 2.53. The minimum absolute atomic E-state index is 0.0121. The Morgan fingerprint density at radius 3 is 2.47 bits per heavy atom. The fourth-order valence-electron chi connectivity index (χ4n) is 4.94. The molecule has 0 N–H and O–H groups in total. The largest absolute Gasteiger partial charge is 0.365 e. The average molecular weight is 529 g/mol. The van der Waals surface area contributed by atoms with Crippen LogP contribution in [-0.4, -0.2) is 29.0 Å². The number of benzene rings is 2. The van der Waals surface area contributed by atoms with Crippen LogP contribution in [0.2, 0.25) is 5.02 Å². The number of nitriles is 2. The molecule has 3 aliphatic rings. The van der Waals surface area contributed by atoms with Crippen LogP contribution < -0.4 is 0 Å². The van der Waals surface area contributed by atoms with Gasteiger partial charge in [0.05, 0.1) is 53.6 Å². The van der Waals surface area contributed by atoms with Crippen LogP contribution >= 0.6 is 11.6 Å². The lowest BCUT2D eigenvalue weighted by Gasteiger charge is -2.40. The molecule has 1 saturated carbocycles. The van der Waals surface area contributed by atoms with Crippen molar-refractivity contribution in [3.8, 4) is 12.1 Å². The molecule has 1 aliphatic carbocycles. The fourth-order valence-corrected chi connectivity index (χ4v) is 5.07. The summed E-state index contributed by atoms with van der Waals surface area (Å²) in [6.45, 7) is 2.27. The Morgan fingerprint density at radius 1 is 1.16 bits per heavy atom. The van der Waals surface area contributed by atoms with E-state index in [9.17, 15) is 10.1 Å². The predicted molar refractivity (Wildman–Crippen MR) is 134 cm³/mol. The van der Waals surface area contributed by atoms with E-state index in [1.54, 1.807) is 42.5 Å². The van der Waals surface area contributed by atoms with Crippen molar-refractivity contribution in [3.63, 3.8) is 0 Å². The number of ether oxygens (including phenoxy) is 2. The molecule has 9 heteroatoms. The van der Waals surface area contributed by atoms with E-state index in [1.165, 1.54) is 17.2 Å². The molecular weight excluding hydrogens is 507 g/mol. The molecule has 0 radical (unpaired) electrons. The molecule has 6 rings (SSSR count). The summed E-state index contributed by atoms with van der Waals surface area (Å²) in [5.74, 6) is -1.04. The van der Waals surface area contributed by atoms with E-state index in [0.717, 1.165) is 0 Å². The number of rotatable bonds is 7. The first-order chi connectivity index (χ1) is 18.2. The van der Waals surface area contributed by atoms with Crippen molar-refractivity contribution < 1.29 is 18.7 Å². The van der Waals surface area contributed by atoms with Crippen LogP contribution in [0, 0.1) is 33.9 Å². The number of halogens is 2. The number of pyridine rings is 1. The van der Waals surface area contributed by atoms with Gasteiger partial charge < -0.3 is 9.47 Å². The first-order valence-corrected chi connectivity index (χ1v) is 12.6. The number of nitrogens with zero attached hydrogens (tertiary/aromatic N) is 4. The highest BCUT2D eigenvalue weighted by molar-refractivity contribution is 6.30. The fraction of sp³-hybridized carbons (Fsp3) is 0.310. The third kappa shape index (κ3) is 3.85. The number of carbonyl (C=O) groups excluding carboxylic acids is 1. The third-order valence-electron chi connectivity index (χ3n) is 7.63. The van der Waals surface area contributed by atoms with Gasteiger partial charge in [-0.3, -0.25) is 14.7 Å². The van der Waals surface area contributed by atoms with Gasteiger partial charge in [0.2, 0.25) is 0 Å². The Hall–Kier alpha value is -3.82. The van der Waals surface area contributed by atoms with Gasteiger partial charge in [0, 0.05) is 16.8 Å². The first-order valence-electron chi connectivity index (χ1n) is 12.2. The van der Waals surface area contributed by atoms with Crippen LogP contribution in [0.5, 0.6) is 0 Å². The summed E-state index contributed by atoms with van der Waals surface area (Å²) in [4.78, 5) is 19.9. The molecule has 2 fully saturated rings. The maximum atomic E-state index is 16.2. The van der Waals surface area contributed by atoms with Gasteiger partial charge in [0.15, 0.2) is 5.72 Å². The molecule has 0 spiro atoms. The molecule has 38 heavy (non-hydrogen) atoms. The molecule has 1 saturated heterocycles. The summed E-state index contributed by atoms with van der Waals surface area (Å²) < 4.78 is 28.3. The van der Waals surface area contributed by atoms with E-state index in [0.29, 0.717) is 46.9 Å². The number of aromatic nitrogens is 1. The maximum Gasteiger partial charge on any atom is 0.257 e. The van der Waals surface area contributed by atoms with E-state index >= 15 is 4.39 Å². The zero-order chi connectivity index (χ0) is 26.7. The SMILES string of the molecule is CC1(c2cc(F)c3c(c2)C(=O)N(Cc2ccc(C#N)cn2)[C@@]3(OCC2(C#N)CC2)c2ccc(Cl)cc2)CO1. The smallest absolute Gasteiger partial charge is 0.257 e. The molecular formula is C29H22ClFN4O3. The molecule has 1 amide bonds. The van der Waals surface area contributed by atoms with Gasteiger partial charge in [-0.25, -0.2) is 4.39 Å². The Kier molecular flexibility index (Phi) is 5.55. The van der Waals surface area contributed by atoms with Crippen LogP contribution in [0.15, 0.2) is 54.7 Å². The van der Waals surface area contributed by atoms with Crippen molar-refractivity contribution in [1.29, 1.82) is 10.5 Å². The highest BCUT2D eigenvalue weighted by Gasteiger charge is 2.57. The minimum atomic E-state index is -1.67. The molecule has 7 nitrogen and oxygen atoms in total. The number of amides is 1. The zero-order valence-corrected chi connectivity index (χ0v) is 21.3. The molecule has 0 bridgehead atoms. The molecule has 3 heterocycles. The summed E-state index contributed by atoms with van der Waals surface area (Å²) in [6, 6.07) is 17.4. The van der Waals surface area contributed by atoms with Crippen molar-refractivity contribution in [3.05, 3.63) is 99.1 Å². The zero-order valence-electron chi connectivity index (χ0n) is 20.5. The van der Waals surface area contributed by atoms with Crippen molar-refractivity contribution in [1.82, 2.24) is 9.88 Å². The number of hydrogen-bond acceptors (Lipinski definition) is 6. The van der Waals surface area contributed by atoms with Gasteiger partial charge in [0.25, 0.3) is 5.91 Å². The number of fused-ring (bicyclic) bond motifs is 1. The molecule has 2 atom stereocenters. The Bertz CT molecular complexity index is 1540. The topological polar surface area (TPSA) is 103 Å². The van der Waals surface area contributed by atoms with Gasteiger partial charge in [0.1, 0.15) is 17.5 Å². The van der Waals surface area contributed by atoms with E-state index < -0.39 is 28.5 Å². The van der Waals surface area contributed by atoms with E-state index in [1.807, 2.05) is 13.0 Å². The van der Waals surface area contributed by atoms with Crippen LogP contribution in [0.1, 0.15) is 58.1 Å². The monoisotopic (exact) mass is 528 g/mol. The molecule has 2 aromatic carbocycles. The second-order valence-corrected chi connectivity index (χ2v) is 10.7. The predicted octanol–water partition coefficient (Wildman–Crippen LogP) is 5.17. The van der Waals surface area contributed by atoms with Crippen LogP contribution in [0.25, 0.3) is 0 Å². The lowest BCUT2D eigenvalue weighted by atomic mass is 9.89. The maximum absolute atomic E-state index is 16.2. The van der Waals surface area contributed by atoms with Gasteiger partial charge in [-0.1, -0.05) is 23.7 Å². The molecule has 1 unspecified atom stereocenters. The second kappa shape index (κ2) is 8.61. The van der Waals surface area contributed by atoms with E-state index in [2.05, 4.69) is 11.1 Å². The molecule has 190 valence electrons. The molecule has 2 aliphatic heterocycles. The molecule has 3 aromatic rings. The lowest BCUT2D eigenvalue weighted by Crippen LogP contribution is -2.47. The van der Waals surface area contributed by atoms with Crippen molar-refractivity contribution in [2.45, 2.75) is 37.6 Å². The lowest BCUT2D eigenvalue weighted by molar-refractivity contribution is -0.122. The Labute approximate surface area is 224 Å². The van der Waals surface area contributed by atoms with Gasteiger partial charge in [-0.2, -0.15) is 10.5 Å². The van der Waals surface area contributed by atoms with Crippen molar-refractivity contribution in [2.75, 3.05) is 13.2 Å². The van der Waals surface area contributed by atoms with Crippen LogP contribution in [-0.2, 0) is 27.3 Å². The third-order valence-corrected chi connectivity index (χ3v) is 7.88. The number of hydrogen-bond donors (Lipinski definition) is 0. The quantitative estimate of drug-likeness (QED) is 0.392. The standard InChI is InChI=1S/C29H22ClFN4O3/c1-27(16-37-27)20-10-23-25(24(31)11-20)29(19-3-5-21(30)6-4-19,38-17-28(15-33)8-9-28)35(26(23)36)14-22-7-2-18(12-32)13-34-22/h2-7,10-11,13H,8-9,14,16-17H2,1H3/t27?,29-/m1/s1. The summed E-state index contributed by atoms with van der Waals surface area (Å²) in [5.41, 5.74) is -0.821. The highest BCUT2D eigenvalue weighted by atomic mass is 35.5. The molecule has 1 aromatic heterocycles. The van der Waals surface area contributed by atoms with Crippen LogP contribution in [0.4, 0.5) is 4.39 Å². The minimum Gasteiger partial charge on any atom is -0.365 e. The van der Waals surface area contributed by atoms with Crippen molar-refractivity contribution in [2.24, 2.45) is 5.41 Å². The summed E-state index contributed by atoms with van der Waals surface area (Å²) >= 11 is 6.19. The second-order valence-electron chi connectivity index (χ2n) is 10.3. The van der Waals surface area contributed by atoms with Gasteiger partial charge in [-0.05, 0) is 61.7 Å². The Morgan fingerprint density at radius 2 is 1.89 bits per heavy atom. The van der Waals surface area contributed by atoms with E-state index in [4.69, 9.17) is 26.3 Å². The van der Waals surface area contributed by atoms with Crippen molar-refractivity contribution >= 4 is 17.5 Å². The summed E-state index contributed by atoms with van der Waals surface area (Å²) in [6.07, 6.45) is 2.75. The van der Waals surface area contributed by atoms with Gasteiger partial charge >= 0.3 is 0 Å². The average Bonchev–Trinajstić information content (AvgIpc) is 3.86. The summed E-state index contributed by atoms with van der Waals surface area (Å²) in [5, 5.41) is 19.4. The van der Waals surface area contributed by atoms with Gasteiger partial charge in [-0.15, -0.1) is 0 Å². The Balaban J connectivity index is 1.55. The number of carbonyl (C=O) groups is 1. The summed E-state index contributed by atoms with van der Waals surface area (Å²) in [7, 11) is 0. The van der Waals surface area contributed by atoms with E-state index in [-0.39, 0.29) is 24.3 Å². The number of epoxide rings is 1. The van der Waals surface area contributed by atoms with Crippen LogP contribution in [0.3, 0.4) is 0 Å². The normalized spacial score (nSPS) is 24.4. The first kappa shape index (κ1) is 24.5.